The lowest BCUT2D eigenvalue weighted by Crippen LogP contribution is -2.12. The second kappa shape index (κ2) is 4.75. The van der Waals surface area contributed by atoms with Crippen molar-refractivity contribution in [1.29, 1.82) is 0 Å². The zero-order valence-electron chi connectivity index (χ0n) is 9.22. The average molecular weight is 247 g/mol. The molecular weight excluding hydrogens is 237 g/mol. The van der Waals surface area contributed by atoms with Crippen LogP contribution in [0, 0.1) is 5.82 Å². The molecule has 0 bridgehead atoms. The third kappa shape index (κ3) is 2.57. The third-order valence-corrected chi connectivity index (χ3v) is 2.31. The van der Waals surface area contributed by atoms with E-state index in [-0.39, 0.29) is 17.1 Å². The molecule has 0 heterocycles. The highest BCUT2D eigenvalue weighted by atomic mass is 19.1. The fraction of sp³-hybridized carbons (Fsp3) is 0. The van der Waals surface area contributed by atoms with Crippen molar-refractivity contribution in [2.45, 2.75) is 0 Å². The minimum absolute atomic E-state index is 0.00346. The highest BCUT2D eigenvalue weighted by molar-refractivity contribution is 6.06. The first-order valence-electron chi connectivity index (χ1n) is 5.15. The van der Waals surface area contributed by atoms with Gasteiger partial charge in [-0.2, -0.15) is 0 Å². The van der Waals surface area contributed by atoms with E-state index in [1.54, 1.807) is 12.1 Å². The molecule has 0 aliphatic carbocycles. The summed E-state index contributed by atoms with van der Waals surface area (Å²) in [6, 6.07) is 9.01. The third-order valence-electron chi connectivity index (χ3n) is 2.31. The van der Waals surface area contributed by atoms with Gasteiger partial charge >= 0.3 is 0 Å². The molecular formula is C13H10FNO3. The van der Waals surface area contributed by atoms with E-state index in [2.05, 4.69) is 5.32 Å². The van der Waals surface area contributed by atoms with Crippen LogP contribution in [0.1, 0.15) is 10.4 Å². The van der Waals surface area contributed by atoms with E-state index in [9.17, 15) is 19.4 Å². The van der Waals surface area contributed by atoms with Gasteiger partial charge in [0.05, 0.1) is 5.56 Å². The quantitative estimate of drug-likeness (QED) is 0.763. The predicted octanol–water partition coefficient (Wildman–Crippen LogP) is 2.49. The molecule has 0 saturated heterocycles. The first-order chi connectivity index (χ1) is 8.56. The summed E-state index contributed by atoms with van der Waals surface area (Å²) in [6.45, 7) is 0. The zero-order valence-corrected chi connectivity index (χ0v) is 9.22. The smallest absolute Gasteiger partial charge is 0.259 e. The molecule has 0 aliphatic rings. The van der Waals surface area contributed by atoms with E-state index in [1.807, 2.05) is 0 Å². The SMILES string of the molecule is O=C(Nc1cccc(O)c1)c1cc(F)ccc1O. The monoisotopic (exact) mass is 247 g/mol. The van der Waals surface area contributed by atoms with Crippen molar-refractivity contribution in [3.8, 4) is 11.5 Å². The van der Waals surface area contributed by atoms with Gasteiger partial charge in [0.25, 0.3) is 5.91 Å². The highest BCUT2D eigenvalue weighted by Gasteiger charge is 2.12. The molecule has 2 rings (SSSR count). The van der Waals surface area contributed by atoms with Gasteiger partial charge in [-0.05, 0) is 30.3 Å². The molecule has 18 heavy (non-hydrogen) atoms. The topological polar surface area (TPSA) is 69.6 Å². The minimum Gasteiger partial charge on any atom is -0.508 e. The van der Waals surface area contributed by atoms with E-state index in [1.165, 1.54) is 12.1 Å². The number of aromatic hydroxyl groups is 2. The number of rotatable bonds is 2. The number of benzene rings is 2. The van der Waals surface area contributed by atoms with Crippen molar-refractivity contribution in [2.75, 3.05) is 5.32 Å². The van der Waals surface area contributed by atoms with E-state index in [4.69, 9.17) is 0 Å². The van der Waals surface area contributed by atoms with E-state index in [0.717, 1.165) is 18.2 Å². The fourth-order valence-corrected chi connectivity index (χ4v) is 1.47. The molecule has 1 amide bonds. The minimum atomic E-state index is -0.655. The summed E-state index contributed by atoms with van der Waals surface area (Å²) in [7, 11) is 0. The Bertz CT molecular complexity index is 599. The second-order valence-electron chi connectivity index (χ2n) is 3.67. The second-order valence-corrected chi connectivity index (χ2v) is 3.67. The van der Waals surface area contributed by atoms with Gasteiger partial charge < -0.3 is 15.5 Å². The largest absolute Gasteiger partial charge is 0.508 e. The standard InChI is InChI=1S/C13H10FNO3/c14-8-4-5-12(17)11(6-8)13(18)15-9-2-1-3-10(16)7-9/h1-7,16-17H,(H,15,18). The van der Waals surface area contributed by atoms with Crippen LogP contribution in [0.15, 0.2) is 42.5 Å². The molecule has 92 valence electrons. The van der Waals surface area contributed by atoms with E-state index < -0.39 is 11.7 Å². The van der Waals surface area contributed by atoms with Crippen LogP contribution in [0.25, 0.3) is 0 Å². The maximum absolute atomic E-state index is 13.0. The normalized spacial score (nSPS) is 10.1. The van der Waals surface area contributed by atoms with Gasteiger partial charge in [0.15, 0.2) is 0 Å². The van der Waals surface area contributed by atoms with Gasteiger partial charge in [0, 0.05) is 11.8 Å². The number of carbonyl (C=O) groups is 1. The van der Waals surface area contributed by atoms with Crippen molar-refractivity contribution >= 4 is 11.6 Å². The molecule has 2 aromatic rings. The van der Waals surface area contributed by atoms with Crippen LogP contribution in [0.3, 0.4) is 0 Å². The number of phenolic OH excluding ortho intramolecular Hbond substituents is 2. The van der Waals surface area contributed by atoms with Gasteiger partial charge in [-0.25, -0.2) is 4.39 Å². The lowest BCUT2D eigenvalue weighted by Gasteiger charge is -2.07. The lowest BCUT2D eigenvalue weighted by molar-refractivity contribution is 0.102. The number of phenols is 2. The van der Waals surface area contributed by atoms with Crippen molar-refractivity contribution in [3.05, 3.63) is 53.8 Å². The first kappa shape index (κ1) is 11.9. The Labute approximate surface area is 102 Å². The van der Waals surface area contributed by atoms with Crippen molar-refractivity contribution in [2.24, 2.45) is 0 Å². The number of anilines is 1. The van der Waals surface area contributed by atoms with Crippen LogP contribution in [0.2, 0.25) is 0 Å². The average Bonchev–Trinajstić information content (AvgIpc) is 2.32. The molecule has 0 radical (unpaired) electrons. The molecule has 0 unspecified atom stereocenters. The molecule has 2 aromatic carbocycles. The fourth-order valence-electron chi connectivity index (χ4n) is 1.47. The summed E-state index contributed by atoms with van der Waals surface area (Å²) < 4.78 is 13.0. The van der Waals surface area contributed by atoms with Gasteiger partial charge in [0.2, 0.25) is 0 Å². The Morgan fingerprint density at radius 3 is 2.61 bits per heavy atom. The van der Waals surface area contributed by atoms with Gasteiger partial charge in [-0.3, -0.25) is 4.79 Å². The highest BCUT2D eigenvalue weighted by Crippen LogP contribution is 2.21. The Morgan fingerprint density at radius 1 is 1.11 bits per heavy atom. The number of carbonyl (C=O) groups excluding carboxylic acids is 1. The van der Waals surface area contributed by atoms with Gasteiger partial charge in [-0.15, -0.1) is 0 Å². The molecule has 0 spiro atoms. The molecule has 0 atom stereocenters. The molecule has 5 heteroatoms. The zero-order chi connectivity index (χ0) is 13.1. The maximum atomic E-state index is 13.0. The summed E-state index contributed by atoms with van der Waals surface area (Å²) in [5.74, 6) is -1.59. The Morgan fingerprint density at radius 2 is 1.89 bits per heavy atom. The maximum Gasteiger partial charge on any atom is 0.259 e. The number of nitrogens with one attached hydrogen (secondary N) is 1. The van der Waals surface area contributed by atoms with Crippen LogP contribution in [-0.2, 0) is 0 Å². The summed E-state index contributed by atoms with van der Waals surface area (Å²) in [4.78, 5) is 11.8. The molecule has 0 aromatic heterocycles. The van der Waals surface area contributed by atoms with Crippen molar-refractivity contribution < 1.29 is 19.4 Å². The summed E-state index contributed by atoms with van der Waals surface area (Å²) >= 11 is 0. The Hall–Kier alpha value is -2.56. The molecule has 4 nitrogen and oxygen atoms in total. The molecule has 0 fully saturated rings. The summed E-state index contributed by atoms with van der Waals surface area (Å²) in [5.41, 5.74) is 0.182. The Balaban J connectivity index is 2.24. The van der Waals surface area contributed by atoms with Crippen molar-refractivity contribution in [3.63, 3.8) is 0 Å². The Kier molecular flexibility index (Phi) is 3.14. The number of amides is 1. The van der Waals surface area contributed by atoms with Gasteiger partial charge in [0.1, 0.15) is 17.3 Å². The molecule has 3 N–H and O–H groups in total. The van der Waals surface area contributed by atoms with E-state index >= 15 is 0 Å². The molecule has 0 aliphatic heterocycles. The van der Waals surface area contributed by atoms with Crippen LogP contribution in [0.4, 0.5) is 10.1 Å². The lowest BCUT2D eigenvalue weighted by atomic mass is 10.1. The van der Waals surface area contributed by atoms with E-state index in [0.29, 0.717) is 5.69 Å². The van der Waals surface area contributed by atoms with Crippen molar-refractivity contribution in [1.82, 2.24) is 0 Å². The van der Waals surface area contributed by atoms with Crippen LogP contribution in [-0.4, -0.2) is 16.1 Å². The number of halogens is 1. The number of hydrogen-bond donors (Lipinski definition) is 3. The van der Waals surface area contributed by atoms with Gasteiger partial charge in [-0.1, -0.05) is 6.07 Å². The predicted molar refractivity (Wildman–Crippen MR) is 64.1 cm³/mol. The molecule has 0 saturated carbocycles. The van der Waals surface area contributed by atoms with Crippen LogP contribution in [0.5, 0.6) is 11.5 Å². The number of hydrogen-bond acceptors (Lipinski definition) is 3. The first-order valence-corrected chi connectivity index (χ1v) is 5.15. The summed E-state index contributed by atoms with van der Waals surface area (Å²) in [6.07, 6.45) is 0. The summed E-state index contributed by atoms with van der Waals surface area (Å²) in [5, 5.41) is 21.1. The van der Waals surface area contributed by atoms with Crippen LogP contribution < -0.4 is 5.32 Å². The van der Waals surface area contributed by atoms with Crippen LogP contribution >= 0.6 is 0 Å².